The first-order valence-electron chi connectivity index (χ1n) is 14.8. The van der Waals surface area contributed by atoms with Crippen molar-refractivity contribution in [2.75, 3.05) is 38.1 Å². The molecule has 0 radical (unpaired) electrons. The lowest BCUT2D eigenvalue weighted by Crippen LogP contribution is -2.56. The SMILES string of the molecule is CCOC(=O)N1CCN(C(=O)[C@H](CCCC(=O)OC(C)(C)C)NC(=O)c2cc(NC(C)C)nc(-c3ccccc3)n2)CC1. The topological polar surface area (TPSA) is 143 Å². The number of anilines is 1. The van der Waals surface area contributed by atoms with Crippen LogP contribution in [0.3, 0.4) is 0 Å². The fourth-order valence-corrected chi connectivity index (χ4v) is 4.53. The molecule has 0 bridgehead atoms. The minimum absolute atomic E-state index is 0.0601. The van der Waals surface area contributed by atoms with Crippen molar-refractivity contribution in [3.05, 3.63) is 42.1 Å². The van der Waals surface area contributed by atoms with Gasteiger partial charge in [0, 0.05) is 50.3 Å². The summed E-state index contributed by atoms with van der Waals surface area (Å²) in [7, 11) is 0. The molecule has 43 heavy (non-hydrogen) atoms. The zero-order chi connectivity index (χ0) is 31.6. The van der Waals surface area contributed by atoms with E-state index in [-0.39, 0.29) is 43.1 Å². The minimum Gasteiger partial charge on any atom is -0.460 e. The van der Waals surface area contributed by atoms with Gasteiger partial charge in [0.25, 0.3) is 5.91 Å². The molecule has 0 spiro atoms. The predicted molar refractivity (Wildman–Crippen MR) is 162 cm³/mol. The van der Waals surface area contributed by atoms with E-state index in [0.29, 0.717) is 44.2 Å². The minimum atomic E-state index is -0.916. The third kappa shape index (κ3) is 10.5. The smallest absolute Gasteiger partial charge is 0.409 e. The van der Waals surface area contributed by atoms with Crippen molar-refractivity contribution in [3.63, 3.8) is 0 Å². The zero-order valence-corrected chi connectivity index (χ0v) is 26.0. The summed E-state index contributed by atoms with van der Waals surface area (Å²) >= 11 is 0. The molecule has 2 N–H and O–H groups in total. The summed E-state index contributed by atoms with van der Waals surface area (Å²) < 4.78 is 10.5. The number of benzene rings is 1. The highest BCUT2D eigenvalue weighted by Gasteiger charge is 2.31. The van der Waals surface area contributed by atoms with Crippen LogP contribution in [0.1, 0.15) is 71.3 Å². The summed E-state index contributed by atoms with van der Waals surface area (Å²) in [6, 6.07) is 10.0. The summed E-state index contributed by atoms with van der Waals surface area (Å²) in [6.45, 7) is 12.5. The molecule has 1 fully saturated rings. The maximum absolute atomic E-state index is 13.7. The van der Waals surface area contributed by atoms with Crippen LogP contribution in [0, 0.1) is 0 Å². The van der Waals surface area contributed by atoms with Crippen LogP contribution in [0.15, 0.2) is 36.4 Å². The number of amides is 3. The second-order valence-corrected chi connectivity index (χ2v) is 11.6. The van der Waals surface area contributed by atoms with Crippen LogP contribution in [-0.4, -0.2) is 94.1 Å². The molecule has 1 aromatic carbocycles. The standard InChI is InChI=1S/C31H44N6O6/c1-7-42-30(41)37-18-16-36(17-19-37)29(40)23(14-11-15-26(38)43-31(4,5)6)34-28(39)24-20-25(32-21(2)3)35-27(33-24)22-12-9-8-10-13-22/h8-10,12-13,20-21,23H,7,11,14-19H2,1-6H3,(H,34,39)(H,32,33,35)/t23-/m0/s1. The van der Waals surface area contributed by atoms with Crippen molar-refractivity contribution in [2.45, 2.75) is 78.5 Å². The van der Waals surface area contributed by atoms with Crippen LogP contribution in [0.4, 0.5) is 10.6 Å². The number of carbonyl (C=O) groups is 4. The fourth-order valence-electron chi connectivity index (χ4n) is 4.53. The molecule has 1 atom stereocenters. The lowest BCUT2D eigenvalue weighted by Gasteiger charge is -2.36. The molecule has 1 aromatic heterocycles. The van der Waals surface area contributed by atoms with Crippen molar-refractivity contribution in [1.82, 2.24) is 25.1 Å². The van der Waals surface area contributed by atoms with Gasteiger partial charge >= 0.3 is 12.1 Å². The largest absolute Gasteiger partial charge is 0.460 e. The number of aromatic nitrogens is 2. The molecule has 2 heterocycles. The average Bonchev–Trinajstić information content (AvgIpc) is 2.95. The molecular weight excluding hydrogens is 552 g/mol. The Hall–Kier alpha value is -4.22. The van der Waals surface area contributed by atoms with E-state index in [2.05, 4.69) is 20.6 Å². The molecule has 234 valence electrons. The summed E-state index contributed by atoms with van der Waals surface area (Å²) in [6.07, 6.45) is 0.228. The predicted octanol–water partition coefficient (Wildman–Crippen LogP) is 3.88. The second kappa shape index (κ2) is 15.3. The van der Waals surface area contributed by atoms with Gasteiger partial charge in [-0.2, -0.15) is 0 Å². The van der Waals surface area contributed by atoms with E-state index >= 15 is 0 Å². The van der Waals surface area contributed by atoms with E-state index in [0.717, 1.165) is 5.56 Å². The molecule has 0 aliphatic carbocycles. The van der Waals surface area contributed by atoms with E-state index in [1.807, 2.05) is 44.2 Å². The summed E-state index contributed by atoms with van der Waals surface area (Å²) in [4.78, 5) is 64.0. The normalized spacial score (nSPS) is 14.2. The van der Waals surface area contributed by atoms with E-state index < -0.39 is 23.6 Å². The lowest BCUT2D eigenvalue weighted by atomic mass is 10.1. The maximum Gasteiger partial charge on any atom is 0.409 e. The summed E-state index contributed by atoms with van der Waals surface area (Å²) in [5, 5.41) is 6.09. The van der Waals surface area contributed by atoms with Gasteiger partial charge < -0.3 is 29.9 Å². The molecule has 0 unspecified atom stereocenters. The molecular formula is C31H44N6O6. The number of piperazine rings is 1. The zero-order valence-electron chi connectivity index (χ0n) is 26.0. The van der Waals surface area contributed by atoms with E-state index in [9.17, 15) is 19.2 Å². The first-order chi connectivity index (χ1) is 20.4. The van der Waals surface area contributed by atoms with Gasteiger partial charge in [-0.25, -0.2) is 14.8 Å². The first kappa shape index (κ1) is 33.3. The number of hydrogen-bond donors (Lipinski definition) is 2. The van der Waals surface area contributed by atoms with Gasteiger partial charge in [0.05, 0.1) is 6.61 Å². The maximum atomic E-state index is 13.7. The number of carbonyl (C=O) groups excluding carboxylic acids is 4. The Morgan fingerprint density at radius 2 is 1.63 bits per heavy atom. The molecule has 3 amide bonds. The number of nitrogens with zero attached hydrogens (tertiary/aromatic N) is 4. The van der Waals surface area contributed by atoms with Gasteiger partial charge in [-0.1, -0.05) is 30.3 Å². The van der Waals surface area contributed by atoms with Crippen LogP contribution >= 0.6 is 0 Å². The van der Waals surface area contributed by atoms with Crippen LogP contribution in [0.2, 0.25) is 0 Å². The van der Waals surface area contributed by atoms with Crippen LogP contribution in [0.5, 0.6) is 0 Å². The number of hydrogen-bond acceptors (Lipinski definition) is 9. The fraction of sp³-hybridized carbons (Fsp3) is 0.548. The van der Waals surface area contributed by atoms with Crippen molar-refractivity contribution < 1.29 is 28.7 Å². The Balaban J connectivity index is 1.80. The van der Waals surface area contributed by atoms with Crippen molar-refractivity contribution in [3.8, 4) is 11.4 Å². The van der Waals surface area contributed by atoms with E-state index in [1.54, 1.807) is 43.6 Å². The van der Waals surface area contributed by atoms with Gasteiger partial charge in [-0.15, -0.1) is 0 Å². The monoisotopic (exact) mass is 596 g/mol. The summed E-state index contributed by atoms with van der Waals surface area (Å²) in [5.74, 6) is -0.344. The van der Waals surface area contributed by atoms with Gasteiger partial charge in [0.1, 0.15) is 23.2 Å². The quantitative estimate of drug-likeness (QED) is 0.370. The van der Waals surface area contributed by atoms with E-state index in [1.165, 1.54) is 0 Å². The molecule has 12 nitrogen and oxygen atoms in total. The molecule has 1 aliphatic rings. The van der Waals surface area contributed by atoms with Crippen molar-refractivity contribution in [2.24, 2.45) is 0 Å². The lowest BCUT2D eigenvalue weighted by molar-refractivity contribution is -0.155. The molecule has 3 rings (SSSR count). The van der Waals surface area contributed by atoms with E-state index in [4.69, 9.17) is 9.47 Å². The number of esters is 1. The molecule has 2 aromatic rings. The Morgan fingerprint density at radius 1 is 0.977 bits per heavy atom. The number of rotatable bonds is 11. The highest BCUT2D eigenvalue weighted by molar-refractivity contribution is 5.97. The van der Waals surface area contributed by atoms with Gasteiger partial charge in [-0.3, -0.25) is 14.4 Å². The first-order valence-corrected chi connectivity index (χ1v) is 14.8. The average molecular weight is 597 g/mol. The van der Waals surface area contributed by atoms with Crippen LogP contribution in [-0.2, 0) is 19.1 Å². The van der Waals surface area contributed by atoms with Crippen LogP contribution < -0.4 is 10.6 Å². The second-order valence-electron chi connectivity index (χ2n) is 11.6. The van der Waals surface area contributed by atoms with Gasteiger partial charge in [-0.05, 0) is 54.4 Å². The molecule has 1 saturated heterocycles. The van der Waals surface area contributed by atoms with Crippen LogP contribution in [0.25, 0.3) is 11.4 Å². The third-order valence-corrected chi connectivity index (χ3v) is 6.44. The van der Waals surface area contributed by atoms with Crippen molar-refractivity contribution in [1.29, 1.82) is 0 Å². The Bertz CT molecular complexity index is 1260. The Kier molecular flexibility index (Phi) is 11.8. The third-order valence-electron chi connectivity index (χ3n) is 6.44. The Labute approximate surface area is 253 Å². The molecule has 1 aliphatic heterocycles. The summed E-state index contributed by atoms with van der Waals surface area (Å²) in [5.41, 5.74) is 0.229. The highest BCUT2D eigenvalue weighted by Crippen LogP contribution is 2.19. The highest BCUT2D eigenvalue weighted by atomic mass is 16.6. The molecule has 0 saturated carbocycles. The Morgan fingerprint density at radius 3 is 2.23 bits per heavy atom. The van der Waals surface area contributed by atoms with Gasteiger partial charge in [0.15, 0.2) is 5.82 Å². The molecule has 12 heteroatoms. The number of nitrogens with one attached hydrogen (secondary N) is 2. The van der Waals surface area contributed by atoms with Gasteiger partial charge in [0.2, 0.25) is 5.91 Å². The van der Waals surface area contributed by atoms with Crippen molar-refractivity contribution >= 4 is 29.7 Å². The number of ether oxygens (including phenoxy) is 2.